The highest BCUT2D eigenvalue weighted by Gasteiger charge is 2.25. The maximum atomic E-state index is 12.2. The molecule has 2 aromatic rings. The highest BCUT2D eigenvalue weighted by atomic mass is 35.5. The maximum absolute atomic E-state index is 12.2. The van der Waals surface area contributed by atoms with E-state index in [9.17, 15) is 13.2 Å². The van der Waals surface area contributed by atoms with Crippen LogP contribution in [0.1, 0.15) is 11.7 Å². The maximum Gasteiger partial charge on any atom is 0.279 e. The Hall–Kier alpha value is -1.76. The van der Waals surface area contributed by atoms with E-state index in [1.165, 1.54) is 18.2 Å². The lowest BCUT2D eigenvalue weighted by Crippen LogP contribution is -2.36. The molecule has 1 unspecified atom stereocenters. The van der Waals surface area contributed by atoms with E-state index in [2.05, 4.69) is 0 Å². The first kappa shape index (κ1) is 17.6. The number of hydrogen-bond donors (Lipinski definition) is 1. The third kappa shape index (κ3) is 5.13. The normalized spacial score (nSPS) is 12.5. The zero-order valence-corrected chi connectivity index (χ0v) is 14.3. The summed E-state index contributed by atoms with van der Waals surface area (Å²) in [6.45, 7) is 0. The largest absolute Gasteiger partial charge is 0.476 e. The minimum atomic E-state index is -3.71. The van der Waals surface area contributed by atoms with E-state index in [1.54, 1.807) is 30.3 Å². The summed E-state index contributed by atoms with van der Waals surface area (Å²) in [5, 5.41) is 0.607. The minimum absolute atomic E-state index is 0.263. The molecule has 8 heteroatoms. The van der Waals surface area contributed by atoms with Crippen LogP contribution in [0.3, 0.4) is 0 Å². The summed E-state index contributed by atoms with van der Waals surface area (Å²) in [6.07, 6.45) is -0.255. The van der Waals surface area contributed by atoms with Gasteiger partial charge in [0.1, 0.15) is 5.75 Å². The first-order chi connectivity index (χ1) is 10.8. The van der Waals surface area contributed by atoms with Gasteiger partial charge in [0.25, 0.3) is 5.91 Å². The van der Waals surface area contributed by atoms with Gasteiger partial charge in [0.15, 0.2) is 0 Å². The van der Waals surface area contributed by atoms with E-state index in [1.807, 2.05) is 4.72 Å². The summed E-state index contributed by atoms with van der Waals surface area (Å²) >= 11 is 11.8. The van der Waals surface area contributed by atoms with Crippen LogP contribution in [0.2, 0.25) is 10.0 Å². The fourth-order valence-electron chi connectivity index (χ4n) is 1.82. The Bertz CT molecular complexity index is 809. The molecule has 0 bridgehead atoms. The van der Waals surface area contributed by atoms with Crippen molar-refractivity contribution in [1.82, 2.24) is 4.72 Å². The Morgan fingerprint density at radius 2 is 1.74 bits per heavy atom. The van der Waals surface area contributed by atoms with E-state index < -0.39 is 22.0 Å². The SMILES string of the molecule is CS(=O)(=O)NC(=O)C(Oc1ccc(Cl)c(Cl)c1)c1ccccc1. The van der Waals surface area contributed by atoms with Crippen LogP contribution in [0.25, 0.3) is 0 Å². The number of hydrogen-bond acceptors (Lipinski definition) is 4. The van der Waals surface area contributed by atoms with Crippen molar-refractivity contribution >= 4 is 39.1 Å². The van der Waals surface area contributed by atoms with Gasteiger partial charge in [0, 0.05) is 11.6 Å². The highest BCUT2D eigenvalue weighted by Crippen LogP contribution is 2.29. The van der Waals surface area contributed by atoms with Crippen molar-refractivity contribution in [2.24, 2.45) is 0 Å². The molecule has 0 heterocycles. The van der Waals surface area contributed by atoms with Gasteiger partial charge in [-0.25, -0.2) is 13.1 Å². The summed E-state index contributed by atoms with van der Waals surface area (Å²) in [5.74, 6) is -0.512. The number of halogens is 2. The average molecular weight is 374 g/mol. The lowest BCUT2D eigenvalue weighted by Gasteiger charge is -2.19. The van der Waals surface area contributed by atoms with Gasteiger partial charge in [-0.2, -0.15) is 0 Å². The summed E-state index contributed by atoms with van der Waals surface area (Å²) in [7, 11) is -3.71. The van der Waals surface area contributed by atoms with E-state index in [4.69, 9.17) is 27.9 Å². The van der Waals surface area contributed by atoms with Crippen molar-refractivity contribution in [1.29, 1.82) is 0 Å². The summed E-state index contributed by atoms with van der Waals surface area (Å²) in [6, 6.07) is 13.0. The molecule has 0 saturated heterocycles. The predicted molar refractivity (Wildman–Crippen MR) is 89.3 cm³/mol. The Morgan fingerprint density at radius 1 is 1.09 bits per heavy atom. The molecular weight excluding hydrogens is 361 g/mol. The number of nitrogens with one attached hydrogen (secondary N) is 1. The molecule has 0 aliphatic heterocycles. The van der Waals surface area contributed by atoms with Crippen molar-refractivity contribution in [3.8, 4) is 5.75 Å². The van der Waals surface area contributed by atoms with Gasteiger partial charge in [-0.1, -0.05) is 53.5 Å². The highest BCUT2D eigenvalue weighted by molar-refractivity contribution is 7.89. The van der Waals surface area contributed by atoms with Gasteiger partial charge in [0.05, 0.1) is 16.3 Å². The molecule has 23 heavy (non-hydrogen) atoms. The van der Waals surface area contributed by atoms with Crippen LogP contribution in [0.5, 0.6) is 5.75 Å². The summed E-state index contributed by atoms with van der Waals surface area (Å²) < 4.78 is 30.1. The zero-order valence-electron chi connectivity index (χ0n) is 12.0. The Balaban J connectivity index is 2.33. The predicted octanol–water partition coefficient (Wildman–Crippen LogP) is 3.19. The van der Waals surface area contributed by atoms with Gasteiger partial charge in [-0.15, -0.1) is 0 Å². The molecule has 0 spiro atoms. The Labute approximate surface area is 144 Å². The molecule has 122 valence electrons. The van der Waals surface area contributed by atoms with Crippen molar-refractivity contribution < 1.29 is 17.9 Å². The van der Waals surface area contributed by atoms with Gasteiger partial charge in [0.2, 0.25) is 16.1 Å². The molecule has 5 nitrogen and oxygen atoms in total. The zero-order chi connectivity index (χ0) is 17.0. The second-order valence-corrected chi connectivity index (χ2v) is 7.29. The van der Waals surface area contributed by atoms with Crippen LogP contribution in [-0.2, 0) is 14.8 Å². The third-order valence-electron chi connectivity index (χ3n) is 2.77. The van der Waals surface area contributed by atoms with E-state index in [0.717, 1.165) is 6.26 Å². The molecule has 2 aromatic carbocycles. The first-order valence-electron chi connectivity index (χ1n) is 6.44. The minimum Gasteiger partial charge on any atom is -0.476 e. The number of carbonyl (C=O) groups excluding carboxylic acids is 1. The standard InChI is InChI=1S/C15H13Cl2NO4S/c1-23(20,21)18-15(19)14(10-5-3-2-4-6-10)22-11-7-8-12(16)13(17)9-11/h2-9,14H,1H3,(H,18,19). The van der Waals surface area contributed by atoms with Crippen LogP contribution in [0, 0.1) is 0 Å². The van der Waals surface area contributed by atoms with Gasteiger partial charge < -0.3 is 4.74 Å². The Morgan fingerprint density at radius 3 is 2.30 bits per heavy atom. The molecule has 1 atom stereocenters. The average Bonchev–Trinajstić information content (AvgIpc) is 2.47. The molecule has 1 amide bonds. The number of rotatable bonds is 5. The van der Waals surface area contributed by atoms with Crippen molar-refractivity contribution in [3.63, 3.8) is 0 Å². The van der Waals surface area contributed by atoms with Crippen LogP contribution in [-0.4, -0.2) is 20.6 Å². The summed E-state index contributed by atoms with van der Waals surface area (Å²) in [5.41, 5.74) is 0.500. The number of carbonyl (C=O) groups is 1. The third-order valence-corrected chi connectivity index (χ3v) is 4.08. The van der Waals surface area contributed by atoms with Crippen LogP contribution in [0.4, 0.5) is 0 Å². The van der Waals surface area contributed by atoms with E-state index >= 15 is 0 Å². The number of amides is 1. The monoisotopic (exact) mass is 373 g/mol. The quantitative estimate of drug-likeness (QED) is 0.873. The molecule has 1 N–H and O–H groups in total. The van der Waals surface area contributed by atoms with Crippen molar-refractivity contribution in [2.75, 3.05) is 6.26 Å². The topological polar surface area (TPSA) is 72.5 Å². The fourth-order valence-corrected chi connectivity index (χ4v) is 2.58. The van der Waals surface area contributed by atoms with Crippen LogP contribution >= 0.6 is 23.2 Å². The first-order valence-corrected chi connectivity index (χ1v) is 9.09. The Kier molecular flexibility index (Phi) is 5.51. The molecule has 0 aliphatic rings. The second kappa shape index (κ2) is 7.21. The van der Waals surface area contributed by atoms with Crippen LogP contribution in [0.15, 0.2) is 48.5 Å². The van der Waals surface area contributed by atoms with Crippen molar-refractivity contribution in [2.45, 2.75) is 6.10 Å². The van der Waals surface area contributed by atoms with E-state index in [-0.39, 0.29) is 10.8 Å². The van der Waals surface area contributed by atoms with E-state index in [0.29, 0.717) is 10.6 Å². The fraction of sp³-hybridized carbons (Fsp3) is 0.133. The van der Waals surface area contributed by atoms with Crippen LogP contribution < -0.4 is 9.46 Å². The molecule has 0 aliphatic carbocycles. The molecule has 0 aromatic heterocycles. The molecular formula is C15H13Cl2NO4S. The smallest absolute Gasteiger partial charge is 0.279 e. The van der Waals surface area contributed by atoms with Crippen molar-refractivity contribution in [3.05, 3.63) is 64.1 Å². The van der Waals surface area contributed by atoms with Gasteiger partial charge >= 0.3 is 0 Å². The lowest BCUT2D eigenvalue weighted by atomic mass is 10.1. The molecule has 0 fully saturated rings. The summed E-state index contributed by atoms with van der Waals surface area (Å²) in [4.78, 5) is 12.2. The molecule has 2 rings (SSSR count). The lowest BCUT2D eigenvalue weighted by molar-refractivity contribution is -0.126. The number of benzene rings is 2. The molecule has 0 radical (unpaired) electrons. The second-order valence-electron chi connectivity index (χ2n) is 4.72. The molecule has 0 saturated carbocycles. The number of sulfonamides is 1. The van der Waals surface area contributed by atoms with Gasteiger partial charge in [-0.3, -0.25) is 4.79 Å². The van der Waals surface area contributed by atoms with Gasteiger partial charge in [-0.05, 0) is 12.1 Å². The number of ether oxygens (including phenoxy) is 1.